The summed E-state index contributed by atoms with van der Waals surface area (Å²) in [6.07, 6.45) is 2.28. The molecule has 1 aromatic carbocycles. The molecule has 1 aromatic heterocycles. The van der Waals surface area contributed by atoms with E-state index in [1.54, 1.807) is 20.2 Å². The Balaban J connectivity index is 1.76. The van der Waals surface area contributed by atoms with Crippen molar-refractivity contribution < 1.29 is 14.3 Å². The van der Waals surface area contributed by atoms with Crippen LogP contribution in [-0.2, 0) is 4.79 Å². The van der Waals surface area contributed by atoms with Gasteiger partial charge in [-0.3, -0.25) is 9.59 Å². The Morgan fingerprint density at radius 3 is 2.41 bits per heavy atom. The van der Waals surface area contributed by atoms with Gasteiger partial charge in [-0.2, -0.15) is 0 Å². The average Bonchev–Trinajstić information content (AvgIpc) is 3.42. The number of methoxy groups -OCH3 is 1. The third-order valence-corrected chi connectivity index (χ3v) is 6.45. The zero-order valence-electron chi connectivity index (χ0n) is 15.6. The first-order chi connectivity index (χ1) is 12.9. The van der Waals surface area contributed by atoms with E-state index in [9.17, 15) is 9.59 Å². The second-order valence-corrected chi connectivity index (χ2v) is 9.27. The van der Waals surface area contributed by atoms with Gasteiger partial charge in [0.2, 0.25) is 5.91 Å². The van der Waals surface area contributed by atoms with Crippen LogP contribution in [0, 0.1) is 5.92 Å². The molecule has 0 aliphatic heterocycles. The molecule has 2 amide bonds. The van der Waals surface area contributed by atoms with Crippen LogP contribution in [-0.4, -0.2) is 43.5 Å². The van der Waals surface area contributed by atoms with Crippen molar-refractivity contribution in [3.05, 3.63) is 45.1 Å². The lowest BCUT2D eigenvalue weighted by molar-refractivity contribution is -0.119. The maximum atomic E-state index is 13.1. The minimum Gasteiger partial charge on any atom is -0.497 e. The smallest absolute Gasteiger partial charge is 0.264 e. The van der Waals surface area contributed by atoms with E-state index >= 15 is 0 Å². The molecule has 0 saturated heterocycles. The fourth-order valence-electron chi connectivity index (χ4n) is 3.11. The van der Waals surface area contributed by atoms with Crippen molar-refractivity contribution in [2.24, 2.45) is 5.92 Å². The van der Waals surface area contributed by atoms with Crippen LogP contribution in [0.2, 0.25) is 0 Å². The fraction of sp³-hybridized carbons (Fsp3) is 0.400. The van der Waals surface area contributed by atoms with Gasteiger partial charge in [0.25, 0.3) is 5.91 Å². The molecule has 144 valence electrons. The van der Waals surface area contributed by atoms with Gasteiger partial charge in [-0.05, 0) is 78.0 Å². The van der Waals surface area contributed by atoms with Gasteiger partial charge in [-0.15, -0.1) is 11.3 Å². The van der Waals surface area contributed by atoms with E-state index in [0.717, 1.165) is 28.1 Å². The van der Waals surface area contributed by atoms with E-state index in [1.165, 1.54) is 16.2 Å². The molecular weight excluding hydrogens is 428 g/mol. The van der Waals surface area contributed by atoms with Gasteiger partial charge in [0.05, 0.1) is 15.8 Å². The normalized spacial score (nSPS) is 14.5. The zero-order chi connectivity index (χ0) is 19.6. The zero-order valence-corrected chi connectivity index (χ0v) is 18.0. The van der Waals surface area contributed by atoms with Gasteiger partial charge < -0.3 is 14.5 Å². The first kappa shape index (κ1) is 19.9. The molecule has 1 unspecified atom stereocenters. The molecule has 2 aromatic rings. The van der Waals surface area contributed by atoms with Gasteiger partial charge in [-0.1, -0.05) is 0 Å². The molecule has 1 aliphatic carbocycles. The summed E-state index contributed by atoms with van der Waals surface area (Å²) in [4.78, 5) is 29.6. The number of benzene rings is 1. The van der Waals surface area contributed by atoms with Crippen molar-refractivity contribution in [3.63, 3.8) is 0 Å². The molecule has 7 heteroatoms. The van der Waals surface area contributed by atoms with Crippen LogP contribution in [0.5, 0.6) is 5.75 Å². The second-order valence-electron chi connectivity index (χ2n) is 6.80. The van der Waals surface area contributed by atoms with Crippen LogP contribution >= 0.6 is 27.3 Å². The molecule has 0 bridgehead atoms. The van der Waals surface area contributed by atoms with E-state index < -0.39 is 0 Å². The standard InChI is InChI=1S/C20H23BrN2O3S/c1-13(14-4-5-14)23(15-6-8-16(26-3)9-7-15)19(24)12-22(2)20(25)17-10-11-18(21)27-17/h6-11,13-14H,4-5,12H2,1-3H3. The third-order valence-electron chi connectivity index (χ3n) is 4.83. The fourth-order valence-corrected chi connectivity index (χ4v) is 4.49. The Hall–Kier alpha value is -1.86. The number of hydrogen-bond donors (Lipinski definition) is 0. The molecular formula is C20H23BrN2O3S. The lowest BCUT2D eigenvalue weighted by Crippen LogP contribution is -2.46. The van der Waals surface area contributed by atoms with Crippen molar-refractivity contribution in [1.29, 1.82) is 0 Å². The van der Waals surface area contributed by atoms with Crippen LogP contribution in [0.3, 0.4) is 0 Å². The Morgan fingerprint density at radius 1 is 1.22 bits per heavy atom. The predicted octanol–water partition coefficient (Wildman–Crippen LogP) is 4.42. The summed E-state index contributed by atoms with van der Waals surface area (Å²) < 4.78 is 6.11. The second kappa shape index (κ2) is 8.44. The van der Waals surface area contributed by atoms with Crippen molar-refractivity contribution in [2.45, 2.75) is 25.8 Å². The van der Waals surface area contributed by atoms with Crippen molar-refractivity contribution in [3.8, 4) is 5.75 Å². The maximum absolute atomic E-state index is 13.1. The van der Waals surface area contributed by atoms with Crippen LogP contribution < -0.4 is 9.64 Å². The monoisotopic (exact) mass is 450 g/mol. The van der Waals surface area contributed by atoms with Gasteiger partial charge in [0, 0.05) is 18.8 Å². The number of nitrogens with zero attached hydrogens (tertiary/aromatic N) is 2. The number of carbonyl (C=O) groups excluding carboxylic acids is 2. The molecule has 27 heavy (non-hydrogen) atoms. The minimum absolute atomic E-state index is 0.0391. The number of rotatable bonds is 7. The molecule has 0 spiro atoms. The number of amides is 2. The highest BCUT2D eigenvalue weighted by Crippen LogP contribution is 2.37. The van der Waals surface area contributed by atoms with Crippen molar-refractivity contribution >= 4 is 44.8 Å². The van der Waals surface area contributed by atoms with Crippen molar-refractivity contribution in [1.82, 2.24) is 4.90 Å². The summed E-state index contributed by atoms with van der Waals surface area (Å²) in [5.74, 6) is 1.05. The average molecular weight is 451 g/mol. The van der Waals surface area contributed by atoms with E-state index in [-0.39, 0.29) is 24.4 Å². The number of ether oxygens (including phenoxy) is 1. The Morgan fingerprint density at radius 2 is 1.89 bits per heavy atom. The summed E-state index contributed by atoms with van der Waals surface area (Å²) in [6.45, 7) is 2.12. The minimum atomic E-state index is -0.146. The van der Waals surface area contributed by atoms with E-state index in [2.05, 4.69) is 22.9 Å². The first-order valence-corrected chi connectivity index (χ1v) is 10.5. The summed E-state index contributed by atoms with van der Waals surface area (Å²) >= 11 is 4.74. The first-order valence-electron chi connectivity index (χ1n) is 8.87. The van der Waals surface area contributed by atoms with Gasteiger partial charge in [0.1, 0.15) is 12.3 Å². The number of halogens is 1. The largest absolute Gasteiger partial charge is 0.497 e. The number of thiophene rings is 1. The van der Waals surface area contributed by atoms with Gasteiger partial charge in [-0.25, -0.2) is 0 Å². The Kier molecular flexibility index (Phi) is 6.22. The Labute approximate surface area is 172 Å². The van der Waals surface area contributed by atoms with E-state index in [0.29, 0.717) is 10.8 Å². The van der Waals surface area contributed by atoms with Crippen LogP contribution in [0.4, 0.5) is 5.69 Å². The molecule has 1 atom stereocenters. The number of hydrogen-bond acceptors (Lipinski definition) is 4. The lowest BCUT2D eigenvalue weighted by Gasteiger charge is -2.31. The van der Waals surface area contributed by atoms with E-state index in [4.69, 9.17) is 4.74 Å². The molecule has 5 nitrogen and oxygen atoms in total. The van der Waals surface area contributed by atoms with E-state index in [1.807, 2.05) is 35.2 Å². The molecule has 1 fully saturated rings. The van der Waals surface area contributed by atoms with Gasteiger partial charge in [0.15, 0.2) is 0 Å². The highest BCUT2D eigenvalue weighted by Gasteiger charge is 2.35. The Bertz CT molecular complexity index is 817. The maximum Gasteiger partial charge on any atom is 0.264 e. The topological polar surface area (TPSA) is 49.9 Å². The highest BCUT2D eigenvalue weighted by molar-refractivity contribution is 9.11. The molecule has 1 heterocycles. The van der Waals surface area contributed by atoms with Crippen LogP contribution in [0.15, 0.2) is 40.2 Å². The third kappa shape index (κ3) is 4.71. The number of anilines is 1. The van der Waals surface area contributed by atoms with Crippen molar-refractivity contribution in [2.75, 3.05) is 25.6 Å². The highest BCUT2D eigenvalue weighted by atomic mass is 79.9. The SMILES string of the molecule is COc1ccc(N(C(=O)CN(C)C(=O)c2ccc(Br)s2)C(C)C2CC2)cc1. The molecule has 1 aliphatic rings. The quantitative estimate of drug-likeness (QED) is 0.626. The molecule has 0 radical (unpaired) electrons. The van der Waals surface area contributed by atoms with Crippen LogP contribution in [0.25, 0.3) is 0 Å². The predicted molar refractivity (Wildman–Crippen MR) is 112 cm³/mol. The number of carbonyl (C=O) groups is 2. The van der Waals surface area contributed by atoms with Gasteiger partial charge >= 0.3 is 0 Å². The lowest BCUT2D eigenvalue weighted by atomic mass is 10.1. The molecule has 1 saturated carbocycles. The summed E-state index contributed by atoms with van der Waals surface area (Å²) in [5, 5.41) is 0. The van der Waals surface area contributed by atoms with Crippen LogP contribution in [0.1, 0.15) is 29.4 Å². The summed E-state index contributed by atoms with van der Waals surface area (Å²) in [5.41, 5.74) is 0.833. The summed E-state index contributed by atoms with van der Waals surface area (Å²) in [6, 6.07) is 11.2. The number of likely N-dealkylation sites (N-methyl/N-ethyl adjacent to an activating group) is 1. The molecule has 0 N–H and O–H groups in total. The molecule has 3 rings (SSSR count). The summed E-state index contributed by atoms with van der Waals surface area (Å²) in [7, 11) is 3.29.